The van der Waals surface area contributed by atoms with Crippen molar-refractivity contribution in [2.45, 2.75) is 44.8 Å². The van der Waals surface area contributed by atoms with Gasteiger partial charge in [-0.25, -0.2) is 9.69 Å². The largest absolute Gasteiger partial charge is 0.510 e. The molecular weight excluding hydrogens is 444 g/mol. The van der Waals surface area contributed by atoms with E-state index >= 15 is 0 Å². The van der Waals surface area contributed by atoms with E-state index in [9.17, 15) is 14.4 Å². The van der Waals surface area contributed by atoms with Crippen molar-refractivity contribution >= 4 is 29.1 Å². The van der Waals surface area contributed by atoms with E-state index in [1.54, 1.807) is 0 Å². The van der Waals surface area contributed by atoms with Crippen LogP contribution in [0.5, 0.6) is 5.75 Å². The Labute approximate surface area is 197 Å². The lowest BCUT2D eigenvalue weighted by molar-refractivity contribution is -0.129. The van der Waals surface area contributed by atoms with Gasteiger partial charge in [-0.1, -0.05) is 43.8 Å². The van der Waals surface area contributed by atoms with Crippen molar-refractivity contribution in [1.29, 1.82) is 0 Å². The van der Waals surface area contributed by atoms with Crippen LogP contribution in [0.25, 0.3) is 0 Å². The number of carbonyl (C=O) groups excluding carboxylic acids is 3. The molecule has 176 valence electrons. The molecule has 3 rings (SSSR count). The van der Waals surface area contributed by atoms with E-state index in [4.69, 9.17) is 14.2 Å². The Hall–Kier alpha value is -3.07. The van der Waals surface area contributed by atoms with Crippen LogP contribution >= 0.6 is 11.8 Å². The molecule has 0 radical (unpaired) electrons. The van der Waals surface area contributed by atoms with Gasteiger partial charge < -0.3 is 14.2 Å². The minimum absolute atomic E-state index is 0.223. The van der Waals surface area contributed by atoms with E-state index in [1.165, 1.54) is 5.56 Å². The maximum Gasteiger partial charge on any atom is 0.510 e. The highest BCUT2D eigenvalue weighted by atomic mass is 32.2. The number of nitrogens with zero attached hydrogens (tertiary/aromatic N) is 2. The average Bonchev–Trinajstić information content (AvgIpc) is 3.09. The summed E-state index contributed by atoms with van der Waals surface area (Å²) in [4.78, 5) is 41.5. The third-order valence-electron chi connectivity index (χ3n) is 5.01. The van der Waals surface area contributed by atoms with Crippen LogP contribution in [0.1, 0.15) is 37.1 Å². The third kappa shape index (κ3) is 7.21. The number of hydrogen-bond donors (Lipinski definition) is 0. The number of aromatic nitrogens is 1. The number of pyridine rings is 1. The summed E-state index contributed by atoms with van der Waals surface area (Å²) in [6.45, 7) is 4.25. The van der Waals surface area contributed by atoms with Gasteiger partial charge in [0.25, 0.3) is 5.24 Å². The summed E-state index contributed by atoms with van der Waals surface area (Å²) in [6.07, 6.45) is 3.72. The van der Waals surface area contributed by atoms with Crippen molar-refractivity contribution in [2.75, 3.05) is 19.9 Å². The van der Waals surface area contributed by atoms with Gasteiger partial charge in [-0.3, -0.25) is 14.6 Å². The Balaban J connectivity index is 1.44. The quantitative estimate of drug-likeness (QED) is 0.444. The monoisotopic (exact) mass is 472 g/mol. The number of ether oxygens (including phenoxy) is 3. The zero-order valence-corrected chi connectivity index (χ0v) is 19.6. The maximum absolute atomic E-state index is 12.6. The van der Waals surface area contributed by atoms with Crippen molar-refractivity contribution in [3.05, 3.63) is 59.4 Å². The molecule has 1 aromatic heterocycles. The molecule has 0 N–H and O–H groups in total. The second-order valence-electron chi connectivity index (χ2n) is 7.47. The van der Waals surface area contributed by atoms with Crippen molar-refractivity contribution in [1.82, 2.24) is 9.88 Å². The molecule has 0 aliphatic carbocycles. The SMILES string of the molecule is CCCOC(=O)OCN1C(=O)SC(Cc2ccc(OCCc3ccc(CC)cn3)cc2)C1=O. The van der Waals surface area contributed by atoms with Crippen LogP contribution in [0.3, 0.4) is 0 Å². The first-order valence-electron chi connectivity index (χ1n) is 11.0. The zero-order valence-electron chi connectivity index (χ0n) is 18.8. The summed E-state index contributed by atoms with van der Waals surface area (Å²) >= 11 is 0.932. The number of carbonyl (C=O) groups is 3. The van der Waals surface area contributed by atoms with Gasteiger partial charge in [0.15, 0.2) is 6.73 Å². The molecular formula is C24H28N2O6S. The van der Waals surface area contributed by atoms with Gasteiger partial charge in [-0.05, 0) is 48.6 Å². The highest BCUT2D eigenvalue weighted by Gasteiger charge is 2.40. The van der Waals surface area contributed by atoms with Crippen molar-refractivity contribution in [3.8, 4) is 5.75 Å². The van der Waals surface area contributed by atoms with Gasteiger partial charge in [0, 0.05) is 18.3 Å². The molecule has 8 nitrogen and oxygen atoms in total. The van der Waals surface area contributed by atoms with Crippen LogP contribution < -0.4 is 4.74 Å². The first-order valence-corrected chi connectivity index (χ1v) is 11.8. The number of aryl methyl sites for hydroxylation is 1. The molecule has 1 aliphatic rings. The summed E-state index contributed by atoms with van der Waals surface area (Å²) < 4.78 is 15.4. The Morgan fingerprint density at radius 3 is 2.45 bits per heavy atom. The fourth-order valence-electron chi connectivity index (χ4n) is 3.11. The summed E-state index contributed by atoms with van der Waals surface area (Å²) in [5.74, 6) is 0.348. The van der Waals surface area contributed by atoms with Crippen LogP contribution in [0.15, 0.2) is 42.6 Å². The van der Waals surface area contributed by atoms with E-state index in [0.29, 0.717) is 25.9 Å². The minimum atomic E-state index is -0.893. The highest BCUT2D eigenvalue weighted by Crippen LogP contribution is 2.30. The Kier molecular flexibility index (Phi) is 9.12. The fourth-order valence-corrected chi connectivity index (χ4v) is 4.13. The lowest BCUT2D eigenvalue weighted by Crippen LogP contribution is -2.35. The van der Waals surface area contributed by atoms with Crippen LogP contribution in [0.2, 0.25) is 0 Å². The molecule has 0 saturated carbocycles. The normalized spacial score (nSPS) is 15.6. The topological polar surface area (TPSA) is 95.0 Å². The van der Waals surface area contributed by atoms with E-state index < -0.39 is 23.4 Å². The lowest BCUT2D eigenvalue weighted by atomic mass is 10.1. The molecule has 2 amide bonds. The van der Waals surface area contributed by atoms with Gasteiger partial charge >= 0.3 is 6.16 Å². The van der Waals surface area contributed by atoms with Crippen LogP contribution in [-0.2, 0) is 33.5 Å². The first kappa shape index (κ1) is 24.6. The van der Waals surface area contributed by atoms with Gasteiger partial charge in [-0.15, -0.1) is 0 Å². The Morgan fingerprint density at radius 2 is 1.79 bits per heavy atom. The predicted molar refractivity (Wildman–Crippen MR) is 124 cm³/mol. The molecule has 0 bridgehead atoms. The van der Waals surface area contributed by atoms with Crippen molar-refractivity contribution in [2.24, 2.45) is 0 Å². The molecule has 1 unspecified atom stereocenters. The van der Waals surface area contributed by atoms with Gasteiger partial charge in [-0.2, -0.15) is 0 Å². The summed E-state index contributed by atoms with van der Waals surface area (Å²) in [6, 6.07) is 11.5. The number of imide groups is 1. The van der Waals surface area contributed by atoms with Crippen LogP contribution in [0.4, 0.5) is 9.59 Å². The van der Waals surface area contributed by atoms with E-state index in [1.807, 2.05) is 43.5 Å². The van der Waals surface area contributed by atoms with Crippen molar-refractivity contribution < 1.29 is 28.6 Å². The molecule has 33 heavy (non-hydrogen) atoms. The van der Waals surface area contributed by atoms with Gasteiger partial charge in [0.2, 0.25) is 5.91 Å². The Morgan fingerprint density at radius 1 is 1.03 bits per heavy atom. The summed E-state index contributed by atoms with van der Waals surface area (Å²) in [7, 11) is 0. The van der Waals surface area contributed by atoms with Crippen molar-refractivity contribution in [3.63, 3.8) is 0 Å². The second-order valence-corrected chi connectivity index (χ2v) is 8.62. The maximum atomic E-state index is 12.6. The molecule has 1 aliphatic heterocycles. The fraction of sp³-hybridized carbons (Fsp3) is 0.417. The van der Waals surface area contributed by atoms with E-state index in [2.05, 4.69) is 18.0 Å². The number of amides is 2. The third-order valence-corrected chi connectivity index (χ3v) is 6.08. The van der Waals surface area contributed by atoms with Crippen LogP contribution in [0, 0.1) is 0 Å². The number of thioether (sulfide) groups is 1. The standard InChI is InChI=1S/C24H28N2O6S/c1-3-12-31-24(29)32-16-26-22(27)21(33-23(26)28)14-18-6-9-20(10-7-18)30-13-11-19-8-5-17(4-2)15-25-19/h5-10,15,21H,3-4,11-14,16H2,1-2H3. The molecule has 2 aromatic rings. The molecule has 1 atom stereocenters. The summed E-state index contributed by atoms with van der Waals surface area (Å²) in [5, 5.41) is -0.995. The molecule has 9 heteroatoms. The molecule has 1 fully saturated rings. The molecule has 1 saturated heterocycles. The summed E-state index contributed by atoms with van der Waals surface area (Å²) in [5.41, 5.74) is 3.10. The van der Waals surface area contributed by atoms with Gasteiger partial charge in [0.05, 0.1) is 18.5 Å². The van der Waals surface area contributed by atoms with Gasteiger partial charge in [0.1, 0.15) is 5.75 Å². The Bertz CT molecular complexity index is 948. The molecule has 2 heterocycles. The second kappa shape index (κ2) is 12.2. The zero-order chi connectivity index (χ0) is 23.6. The predicted octanol–water partition coefficient (Wildman–Crippen LogP) is 4.39. The highest BCUT2D eigenvalue weighted by molar-refractivity contribution is 8.15. The number of benzene rings is 1. The minimum Gasteiger partial charge on any atom is -0.493 e. The average molecular weight is 473 g/mol. The first-order chi connectivity index (χ1) is 16.0. The lowest BCUT2D eigenvalue weighted by Gasteiger charge is -2.14. The van der Waals surface area contributed by atoms with Crippen LogP contribution in [-0.4, -0.2) is 52.4 Å². The molecule has 0 spiro atoms. The smallest absolute Gasteiger partial charge is 0.493 e. The van der Waals surface area contributed by atoms with E-state index in [0.717, 1.165) is 40.1 Å². The molecule has 1 aromatic carbocycles. The number of rotatable bonds is 11. The van der Waals surface area contributed by atoms with E-state index in [-0.39, 0.29) is 12.5 Å². The number of hydrogen-bond acceptors (Lipinski definition) is 8.